The van der Waals surface area contributed by atoms with Gasteiger partial charge in [-0.15, -0.1) is 0 Å². The molecule has 1 N–H and O–H groups in total. The van der Waals surface area contributed by atoms with E-state index in [1.54, 1.807) is 18.8 Å². The van der Waals surface area contributed by atoms with Crippen LogP contribution in [0.3, 0.4) is 0 Å². The van der Waals surface area contributed by atoms with E-state index in [-0.39, 0.29) is 0 Å². The first-order chi connectivity index (χ1) is 9.43. The third-order valence-electron chi connectivity index (χ3n) is 3.20. The van der Waals surface area contributed by atoms with E-state index in [1.165, 1.54) is 0 Å². The van der Waals surface area contributed by atoms with Gasteiger partial charge in [0.2, 0.25) is 0 Å². The predicted octanol–water partition coefficient (Wildman–Crippen LogP) is 3.43. The number of rotatable bonds is 4. The topological polar surface area (TPSA) is 47.3 Å². The summed E-state index contributed by atoms with van der Waals surface area (Å²) in [5, 5.41) is 15.1. The highest BCUT2D eigenvalue weighted by Gasteiger charge is 2.20. The van der Waals surface area contributed by atoms with E-state index in [9.17, 15) is 5.11 Å². The standard InChI is InChI=1S/C14H16BrClN2O2/c1-8-13(14(16)18(2)17-8)12(19)7-9-6-10(20-3)4-5-11(9)15/h4-6,12,19H,7H2,1-3H3. The second-order valence-corrected chi connectivity index (χ2v) is 5.80. The van der Waals surface area contributed by atoms with Crippen LogP contribution in [0.25, 0.3) is 0 Å². The van der Waals surface area contributed by atoms with E-state index in [1.807, 2.05) is 25.1 Å². The minimum absolute atomic E-state index is 0.435. The van der Waals surface area contributed by atoms with Gasteiger partial charge in [0.1, 0.15) is 10.9 Å². The van der Waals surface area contributed by atoms with Crippen LogP contribution in [0.15, 0.2) is 22.7 Å². The van der Waals surface area contributed by atoms with Crippen molar-refractivity contribution in [2.24, 2.45) is 7.05 Å². The van der Waals surface area contributed by atoms with Crippen molar-refractivity contribution in [2.45, 2.75) is 19.4 Å². The molecular formula is C14H16BrClN2O2. The number of nitrogens with zero attached hydrogens (tertiary/aromatic N) is 2. The Hall–Kier alpha value is -1.04. The van der Waals surface area contributed by atoms with Crippen LogP contribution in [0.2, 0.25) is 5.15 Å². The highest BCUT2D eigenvalue weighted by molar-refractivity contribution is 9.10. The fraction of sp³-hybridized carbons (Fsp3) is 0.357. The first-order valence-electron chi connectivity index (χ1n) is 6.13. The van der Waals surface area contributed by atoms with E-state index < -0.39 is 6.10 Å². The monoisotopic (exact) mass is 358 g/mol. The molecule has 6 heteroatoms. The molecule has 1 heterocycles. The van der Waals surface area contributed by atoms with Crippen molar-refractivity contribution in [3.63, 3.8) is 0 Å². The van der Waals surface area contributed by atoms with Crippen molar-refractivity contribution < 1.29 is 9.84 Å². The number of hydrogen-bond donors (Lipinski definition) is 1. The van der Waals surface area contributed by atoms with Gasteiger partial charge in [-0.3, -0.25) is 4.68 Å². The molecule has 0 amide bonds. The minimum Gasteiger partial charge on any atom is -0.497 e. The molecule has 2 aromatic rings. The lowest BCUT2D eigenvalue weighted by Crippen LogP contribution is -2.04. The summed E-state index contributed by atoms with van der Waals surface area (Å²) in [7, 11) is 3.37. The van der Waals surface area contributed by atoms with Crippen molar-refractivity contribution in [3.05, 3.63) is 44.6 Å². The molecular weight excluding hydrogens is 344 g/mol. The fourth-order valence-corrected chi connectivity index (χ4v) is 2.88. The lowest BCUT2D eigenvalue weighted by atomic mass is 10.0. The van der Waals surface area contributed by atoms with Crippen LogP contribution in [0.5, 0.6) is 5.75 Å². The van der Waals surface area contributed by atoms with Crippen molar-refractivity contribution in [1.82, 2.24) is 9.78 Å². The quantitative estimate of drug-likeness (QED) is 0.910. The molecule has 1 atom stereocenters. The number of aliphatic hydroxyl groups excluding tert-OH is 1. The van der Waals surface area contributed by atoms with Crippen LogP contribution < -0.4 is 4.74 Å². The molecule has 0 aliphatic heterocycles. The van der Waals surface area contributed by atoms with E-state index in [0.717, 1.165) is 21.5 Å². The van der Waals surface area contributed by atoms with E-state index in [0.29, 0.717) is 17.1 Å². The van der Waals surface area contributed by atoms with Gasteiger partial charge in [-0.1, -0.05) is 27.5 Å². The molecule has 20 heavy (non-hydrogen) atoms. The summed E-state index contributed by atoms with van der Waals surface area (Å²) in [5.41, 5.74) is 2.36. The van der Waals surface area contributed by atoms with E-state index in [4.69, 9.17) is 16.3 Å². The highest BCUT2D eigenvalue weighted by atomic mass is 79.9. The zero-order chi connectivity index (χ0) is 14.9. The Morgan fingerprint density at radius 2 is 2.20 bits per heavy atom. The second kappa shape index (κ2) is 6.16. The number of halogens is 2. The van der Waals surface area contributed by atoms with Crippen LogP contribution >= 0.6 is 27.5 Å². The lowest BCUT2D eigenvalue weighted by molar-refractivity contribution is 0.177. The van der Waals surface area contributed by atoms with Crippen molar-refractivity contribution in [1.29, 1.82) is 0 Å². The van der Waals surface area contributed by atoms with Gasteiger partial charge in [0.15, 0.2) is 0 Å². The van der Waals surface area contributed by atoms with Crippen molar-refractivity contribution >= 4 is 27.5 Å². The van der Waals surface area contributed by atoms with Crippen LogP contribution in [0, 0.1) is 6.92 Å². The number of methoxy groups -OCH3 is 1. The number of ether oxygens (including phenoxy) is 1. The van der Waals surface area contributed by atoms with Crippen LogP contribution in [0.1, 0.15) is 22.9 Å². The third-order valence-corrected chi connectivity index (χ3v) is 4.42. The average molecular weight is 360 g/mol. The Morgan fingerprint density at radius 3 is 2.75 bits per heavy atom. The Kier molecular flexibility index (Phi) is 4.73. The molecule has 0 spiro atoms. The molecule has 0 saturated heterocycles. The fourth-order valence-electron chi connectivity index (χ4n) is 2.17. The minimum atomic E-state index is -0.709. The molecule has 0 aliphatic carbocycles. The summed E-state index contributed by atoms with van der Waals surface area (Å²) in [6.07, 6.45) is -0.274. The molecule has 0 aliphatic rings. The van der Waals surface area contributed by atoms with Gasteiger partial charge >= 0.3 is 0 Å². The van der Waals surface area contributed by atoms with E-state index in [2.05, 4.69) is 21.0 Å². The molecule has 0 saturated carbocycles. The molecule has 0 radical (unpaired) electrons. The molecule has 4 nitrogen and oxygen atoms in total. The normalized spacial score (nSPS) is 12.5. The highest BCUT2D eigenvalue weighted by Crippen LogP contribution is 2.31. The predicted molar refractivity (Wildman–Crippen MR) is 82.3 cm³/mol. The molecule has 0 bridgehead atoms. The van der Waals surface area contributed by atoms with Crippen molar-refractivity contribution in [3.8, 4) is 5.75 Å². The number of aliphatic hydroxyl groups is 1. The summed E-state index contributed by atoms with van der Waals surface area (Å²) in [5.74, 6) is 0.754. The SMILES string of the molecule is COc1ccc(Br)c(CC(O)c2c(C)nn(C)c2Cl)c1. The number of hydrogen-bond acceptors (Lipinski definition) is 3. The second-order valence-electron chi connectivity index (χ2n) is 4.59. The molecule has 1 aromatic carbocycles. The van der Waals surface area contributed by atoms with Crippen LogP contribution in [0.4, 0.5) is 0 Å². The Balaban J connectivity index is 2.29. The van der Waals surface area contributed by atoms with Gasteiger partial charge in [0, 0.05) is 23.5 Å². The number of aryl methyl sites for hydroxylation is 2. The Morgan fingerprint density at radius 1 is 1.50 bits per heavy atom. The number of aromatic nitrogens is 2. The van der Waals surface area contributed by atoms with Gasteiger partial charge in [-0.05, 0) is 30.7 Å². The molecule has 1 aromatic heterocycles. The van der Waals surface area contributed by atoms with Gasteiger partial charge in [0.25, 0.3) is 0 Å². The lowest BCUT2D eigenvalue weighted by Gasteiger charge is -2.13. The zero-order valence-electron chi connectivity index (χ0n) is 11.5. The molecule has 0 fully saturated rings. The van der Waals surface area contributed by atoms with Gasteiger partial charge in [-0.2, -0.15) is 5.10 Å². The summed E-state index contributed by atoms with van der Waals surface area (Å²) in [4.78, 5) is 0. The maximum absolute atomic E-state index is 10.4. The zero-order valence-corrected chi connectivity index (χ0v) is 13.9. The summed E-state index contributed by atoms with van der Waals surface area (Å²) >= 11 is 9.66. The molecule has 1 unspecified atom stereocenters. The van der Waals surface area contributed by atoms with Crippen LogP contribution in [-0.2, 0) is 13.5 Å². The smallest absolute Gasteiger partial charge is 0.132 e. The van der Waals surface area contributed by atoms with Gasteiger partial charge in [0.05, 0.1) is 18.9 Å². The third kappa shape index (κ3) is 3.00. The summed E-state index contributed by atoms with van der Waals surface area (Å²) in [6, 6.07) is 5.66. The summed E-state index contributed by atoms with van der Waals surface area (Å²) < 4.78 is 7.70. The Bertz CT molecular complexity index is 628. The maximum atomic E-state index is 10.4. The van der Waals surface area contributed by atoms with Gasteiger partial charge in [-0.25, -0.2) is 0 Å². The maximum Gasteiger partial charge on any atom is 0.132 e. The number of benzene rings is 1. The Labute approximate surface area is 131 Å². The average Bonchev–Trinajstić information content (AvgIpc) is 2.66. The molecule has 2 rings (SSSR count). The van der Waals surface area contributed by atoms with Crippen LogP contribution in [-0.4, -0.2) is 22.0 Å². The van der Waals surface area contributed by atoms with Gasteiger partial charge < -0.3 is 9.84 Å². The first kappa shape index (κ1) is 15.4. The largest absolute Gasteiger partial charge is 0.497 e. The molecule has 108 valence electrons. The first-order valence-corrected chi connectivity index (χ1v) is 7.30. The summed E-state index contributed by atoms with van der Waals surface area (Å²) in [6.45, 7) is 1.84. The van der Waals surface area contributed by atoms with Crippen molar-refractivity contribution in [2.75, 3.05) is 7.11 Å². The van der Waals surface area contributed by atoms with E-state index >= 15 is 0 Å².